The molecule has 1 rings (SSSR count). The van der Waals surface area contributed by atoms with E-state index in [2.05, 4.69) is 21.2 Å². The minimum atomic E-state index is -1.10. The number of rotatable bonds is 5. The molecule has 0 spiro atoms. The van der Waals surface area contributed by atoms with Gasteiger partial charge in [-0.15, -0.1) is 0 Å². The number of hydrogen-bond donors (Lipinski definition) is 2. The van der Waals surface area contributed by atoms with E-state index in [1.807, 2.05) is 5.32 Å². The smallest absolute Gasteiger partial charge is 0.331 e. The van der Waals surface area contributed by atoms with Crippen molar-refractivity contribution in [1.29, 1.82) is 0 Å². The number of benzene rings is 1. The molecule has 0 radical (unpaired) electrons. The van der Waals surface area contributed by atoms with Gasteiger partial charge in [0.15, 0.2) is 6.10 Å². The number of ether oxygens (including phenoxy) is 2. The summed E-state index contributed by atoms with van der Waals surface area (Å²) in [6.45, 7) is 1.36. The molecule has 8 heteroatoms. The van der Waals surface area contributed by atoms with E-state index in [0.29, 0.717) is 11.3 Å². The fraction of sp³-hybridized carbons (Fsp3) is 0.267. The second kappa shape index (κ2) is 8.94. The molecule has 1 atom stereocenters. The molecule has 0 aromatic heterocycles. The zero-order valence-electron chi connectivity index (χ0n) is 12.9. The number of imide groups is 1. The minimum absolute atomic E-state index is 0.586. The standard InChI is InChI=1S/C15H17BrN2O5/c1-9(14(20)18-15(21)17-2)23-13(19)7-4-10-8-11(16)5-6-12(10)22-3/h4-9H,1-3H3,(H2,17,18,20,21). The second-order valence-electron chi connectivity index (χ2n) is 4.37. The Hall–Kier alpha value is -2.35. The lowest BCUT2D eigenvalue weighted by Crippen LogP contribution is -2.43. The maximum Gasteiger partial charge on any atom is 0.331 e. The average Bonchev–Trinajstić information content (AvgIpc) is 2.52. The fourth-order valence-electron chi connectivity index (χ4n) is 1.54. The van der Waals surface area contributed by atoms with E-state index in [1.54, 1.807) is 18.2 Å². The molecular weight excluding hydrogens is 368 g/mol. The van der Waals surface area contributed by atoms with Gasteiger partial charge in [-0.2, -0.15) is 0 Å². The van der Waals surface area contributed by atoms with Crippen molar-refractivity contribution in [3.8, 4) is 5.75 Å². The van der Waals surface area contributed by atoms with Gasteiger partial charge in [0.2, 0.25) is 0 Å². The van der Waals surface area contributed by atoms with Gasteiger partial charge in [-0.05, 0) is 31.2 Å². The third kappa shape index (κ3) is 6.11. The van der Waals surface area contributed by atoms with Crippen molar-refractivity contribution in [3.05, 3.63) is 34.3 Å². The normalized spacial score (nSPS) is 11.7. The van der Waals surface area contributed by atoms with Crippen LogP contribution in [0.5, 0.6) is 5.75 Å². The molecule has 23 heavy (non-hydrogen) atoms. The summed E-state index contributed by atoms with van der Waals surface area (Å²) in [6, 6.07) is 4.64. The van der Waals surface area contributed by atoms with Crippen LogP contribution in [0.15, 0.2) is 28.7 Å². The van der Waals surface area contributed by atoms with E-state index in [0.717, 1.165) is 4.47 Å². The Labute approximate surface area is 142 Å². The van der Waals surface area contributed by atoms with E-state index in [4.69, 9.17) is 9.47 Å². The summed E-state index contributed by atoms with van der Waals surface area (Å²) < 4.78 is 10.9. The van der Waals surface area contributed by atoms with Gasteiger partial charge in [0.25, 0.3) is 5.91 Å². The number of amides is 3. The van der Waals surface area contributed by atoms with Crippen molar-refractivity contribution >= 4 is 39.9 Å². The molecule has 0 saturated carbocycles. The highest BCUT2D eigenvalue weighted by Crippen LogP contribution is 2.24. The largest absolute Gasteiger partial charge is 0.496 e. The van der Waals surface area contributed by atoms with Crippen molar-refractivity contribution in [3.63, 3.8) is 0 Å². The Balaban J connectivity index is 2.67. The summed E-state index contributed by atoms with van der Waals surface area (Å²) in [5.74, 6) is -0.847. The highest BCUT2D eigenvalue weighted by Gasteiger charge is 2.18. The highest BCUT2D eigenvalue weighted by molar-refractivity contribution is 9.10. The number of esters is 1. The molecule has 124 valence electrons. The van der Waals surface area contributed by atoms with Gasteiger partial charge < -0.3 is 14.8 Å². The number of methoxy groups -OCH3 is 1. The number of carbonyl (C=O) groups excluding carboxylic acids is 3. The summed E-state index contributed by atoms with van der Waals surface area (Å²) in [6.07, 6.45) is 1.58. The first-order valence-electron chi connectivity index (χ1n) is 6.62. The van der Waals surface area contributed by atoms with E-state index in [-0.39, 0.29) is 0 Å². The molecule has 0 aliphatic rings. The molecule has 7 nitrogen and oxygen atoms in total. The quantitative estimate of drug-likeness (QED) is 0.596. The zero-order chi connectivity index (χ0) is 17.4. The van der Waals surface area contributed by atoms with Gasteiger partial charge in [0, 0.05) is 23.2 Å². The first kappa shape index (κ1) is 18.7. The molecule has 0 bridgehead atoms. The summed E-state index contributed by atoms with van der Waals surface area (Å²) in [7, 11) is 2.89. The third-order valence-electron chi connectivity index (χ3n) is 2.72. The van der Waals surface area contributed by atoms with Crippen LogP contribution >= 0.6 is 15.9 Å². The molecule has 0 heterocycles. The molecule has 3 amide bonds. The van der Waals surface area contributed by atoms with E-state index < -0.39 is 24.0 Å². The molecule has 1 aromatic rings. The molecular formula is C15H17BrN2O5. The maximum atomic E-state index is 11.7. The number of halogens is 1. The van der Waals surface area contributed by atoms with Crippen LogP contribution in [0.2, 0.25) is 0 Å². The van der Waals surface area contributed by atoms with Crippen molar-refractivity contribution in [2.45, 2.75) is 13.0 Å². The first-order chi connectivity index (χ1) is 10.9. The number of urea groups is 1. The molecule has 0 aliphatic heterocycles. The number of carbonyl (C=O) groups is 3. The van der Waals surface area contributed by atoms with Crippen molar-refractivity contribution < 1.29 is 23.9 Å². The van der Waals surface area contributed by atoms with Gasteiger partial charge >= 0.3 is 12.0 Å². The SMILES string of the molecule is CNC(=O)NC(=O)C(C)OC(=O)C=Cc1cc(Br)ccc1OC. The average molecular weight is 385 g/mol. The maximum absolute atomic E-state index is 11.7. The first-order valence-corrected chi connectivity index (χ1v) is 7.41. The van der Waals surface area contributed by atoms with Gasteiger partial charge in [-0.3, -0.25) is 10.1 Å². The van der Waals surface area contributed by atoms with Crippen LogP contribution in [0.4, 0.5) is 4.79 Å². The van der Waals surface area contributed by atoms with Crippen LogP contribution in [0.3, 0.4) is 0 Å². The van der Waals surface area contributed by atoms with Gasteiger partial charge in [-0.25, -0.2) is 9.59 Å². The second-order valence-corrected chi connectivity index (χ2v) is 5.28. The van der Waals surface area contributed by atoms with Crippen LogP contribution < -0.4 is 15.4 Å². The topological polar surface area (TPSA) is 93.7 Å². The summed E-state index contributed by atoms with van der Waals surface area (Å²) in [4.78, 5) is 34.3. The van der Waals surface area contributed by atoms with Gasteiger partial charge in [-0.1, -0.05) is 15.9 Å². The summed E-state index contributed by atoms with van der Waals surface area (Å²) >= 11 is 3.33. The Morgan fingerprint density at radius 1 is 1.30 bits per heavy atom. The summed E-state index contributed by atoms with van der Waals surface area (Å²) in [5.41, 5.74) is 0.668. The zero-order valence-corrected chi connectivity index (χ0v) is 14.5. The Morgan fingerprint density at radius 2 is 2.00 bits per heavy atom. The molecule has 1 unspecified atom stereocenters. The lowest BCUT2D eigenvalue weighted by molar-refractivity contribution is -0.149. The summed E-state index contributed by atoms with van der Waals surface area (Å²) in [5, 5.41) is 4.24. The van der Waals surface area contributed by atoms with E-state index >= 15 is 0 Å². The van der Waals surface area contributed by atoms with E-state index in [1.165, 1.54) is 33.2 Å². The number of nitrogens with one attached hydrogen (secondary N) is 2. The van der Waals surface area contributed by atoms with E-state index in [9.17, 15) is 14.4 Å². The van der Waals surface area contributed by atoms with Gasteiger partial charge in [0.1, 0.15) is 5.75 Å². The van der Waals surface area contributed by atoms with Crippen LogP contribution in [0.25, 0.3) is 6.08 Å². The van der Waals surface area contributed by atoms with Crippen LogP contribution in [0, 0.1) is 0 Å². The number of hydrogen-bond acceptors (Lipinski definition) is 5. The minimum Gasteiger partial charge on any atom is -0.496 e. The Kier molecular flexibility index (Phi) is 7.27. The van der Waals surface area contributed by atoms with Crippen molar-refractivity contribution in [2.24, 2.45) is 0 Å². The molecule has 0 aliphatic carbocycles. The Morgan fingerprint density at radius 3 is 2.61 bits per heavy atom. The van der Waals surface area contributed by atoms with Crippen LogP contribution in [0.1, 0.15) is 12.5 Å². The lowest BCUT2D eigenvalue weighted by Gasteiger charge is -2.11. The van der Waals surface area contributed by atoms with Crippen LogP contribution in [-0.4, -0.2) is 38.2 Å². The molecule has 2 N–H and O–H groups in total. The lowest BCUT2D eigenvalue weighted by atomic mass is 10.2. The predicted octanol–water partition coefficient (Wildman–Crippen LogP) is 1.86. The molecule has 0 saturated heterocycles. The van der Waals surface area contributed by atoms with Crippen molar-refractivity contribution in [1.82, 2.24) is 10.6 Å². The highest BCUT2D eigenvalue weighted by atomic mass is 79.9. The van der Waals surface area contributed by atoms with Gasteiger partial charge in [0.05, 0.1) is 7.11 Å². The predicted molar refractivity (Wildman–Crippen MR) is 87.9 cm³/mol. The Bertz CT molecular complexity index is 630. The van der Waals surface area contributed by atoms with Crippen molar-refractivity contribution in [2.75, 3.05) is 14.2 Å². The molecule has 1 aromatic carbocycles. The third-order valence-corrected chi connectivity index (χ3v) is 3.21. The fourth-order valence-corrected chi connectivity index (χ4v) is 1.92. The monoisotopic (exact) mass is 384 g/mol. The van der Waals surface area contributed by atoms with Crippen LogP contribution in [-0.2, 0) is 14.3 Å². The molecule has 0 fully saturated rings.